The molecule has 0 radical (unpaired) electrons. The molecule has 0 atom stereocenters. The third kappa shape index (κ3) is 5.12. The topological polar surface area (TPSA) is 82.5 Å². The highest BCUT2D eigenvalue weighted by molar-refractivity contribution is 5.94. The Balaban J connectivity index is 1.75. The minimum atomic E-state index is -0.215. The maximum absolute atomic E-state index is 11.8. The summed E-state index contributed by atoms with van der Waals surface area (Å²) in [5.74, 6) is 0.575. The van der Waals surface area contributed by atoms with Gasteiger partial charge in [-0.2, -0.15) is 5.10 Å². The summed E-state index contributed by atoms with van der Waals surface area (Å²) < 4.78 is 12.5. The highest BCUT2D eigenvalue weighted by Gasteiger charge is 2.10. The van der Waals surface area contributed by atoms with Gasteiger partial charge >= 0.3 is 0 Å². The summed E-state index contributed by atoms with van der Waals surface area (Å²) >= 11 is 0. The number of benzene rings is 1. The van der Waals surface area contributed by atoms with Gasteiger partial charge in [-0.25, -0.2) is 0 Å². The summed E-state index contributed by atoms with van der Waals surface area (Å²) in [6, 6.07) is 6.72. The second-order valence-corrected chi connectivity index (χ2v) is 5.18. The molecule has 7 nitrogen and oxygen atoms in total. The molecule has 2 aromatic rings. The van der Waals surface area contributed by atoms with E-state index in [1.165, 1.54) is 14.0 Å². The molecule has 1 N–H and O–H groups in total. The number of Topliss-reactive ketones (excluding diaryl/α,β-unsaturated/α-hetero) is 1. The Bertz CT molecular complexity index is 683. The Labute approximate surface area is 140 Å². The first-order chi connectivity index (χ1) is 11.6. The fraction of sp³-hybridized carbons (Fsp3) is 0.353. The van der Waals surface area contributed by atoms with Gasteiger partial charge in [0.25, 0.3) is 5.91 Å². The number of nitrogens with one attached hydrogen (secondary N) is 1. The number of carbonyl (C=O) groups excluding carboxylic acids is 2. The van der Waals surface area contributed by atoms with Crippen molar-refractivity contribution in [2.45, 2.75) is 19.9 Å². The number of carbonyl (C=O) groups is 2. The number of hydrogen-bond donors (Lipinski definition) is 1. The Morgan fingerprint density at radius 2 is 2.12 bits per heavy atom. The third-order valence-electron chi connectivity index (χ3n) is 3.37. The van der Waals surface area contributed by atoms with Crippen molar-refractivity contribution in [1.29, 1.82) is 0 Å². The minimum Gasteiger partial charge on any atom is -0.493 e. The van der Waals surface area contributed by atoms with Gasteiger partial charge in [-0.15, -0.1) is 0 Å². The highest BCUT2D eigenvalue weighted by Crippen LogP contribution is 2.28. The number of ketones is 1. The maximum Gasteiger partial charge on any atom is 0.257 e. The van der Waals surface area contributed by atoms with E-state index in [9.17, 15) is 9.59 Å². The summed E-state index contributed by atoms with van der Waals surface area (Å²) in [5, 5.41) is 6.87. The van der Waals surface area contributed by atoms with E-state index in [2.05, 4.69) is 10.4 Å². The summed E-state index contributed by atoms with van der Waals surface area (Å²) in [4.78, 5) is 23.2. The largest absolute Gasteiger partial charge is 0.493 e. The lowest BCUT2D eigenvalue weighted by molar-refractivity contribution is -0.123. The normalized spacial score (nSPS) is 10.2. The standard InChI is InChI=1S/C17H21N3O4/c1-13(21)14-5-6-15(16(11-14)23-2)24-12-17(22)18-7-3-9-20-10-4-8-19-20/h4-6,8,10-11H,3,7,9,12H2,1-2H3,(H,18,22). The van der Waals surface area contributed by atoms with Gasteiger partial charge in [0, 0.05) is 31.0 Å². The van der Waals surface area contributed by atoms with E-state index in [0.29, 0.717) is 23.6 Å². The zero-order valence-electron chi connectivity index (χ0n) is 13.8. The van der Waals surface area contributed by atoms with Crippen molar-refractivity contribution in [2.75, 3.05) is 20.3 Å². The van der Waals surface area contributed by atoms with Crippen LogP contribution in [0.15, 0.2) is 36.7 Å². The first-order valence-corrected chi connectivity index (χ1v) is 7.66. The van der Waals surface area contributed by atoms with Gasteiger partial charge in [0.1, 0.15) is 0 Å². The number of aryl methyl sites for hydroxylation is 1. The van der Waals surface area contributed by atoms with Crippen LogP contribution in [0.4, 0.5) is 0 Å². The van der Waals surface area contributed by atoms with E-state index in [-0.39, 0.29) is 18.3 Å². The fourth-order valence-corrected chi connectivity index (χ4v) is 2.10. The number of methoxy groups -OCH3 is 1. The second kappa shape index (κ2) is 8.71. The Morgan fingerprint density at radius 3 is 2.79 bits per heavy atom. The van der Waals surface area contributed by atoms with Crippen molar-refractivity contribution >= 4 is 11.7 Å². The van der Waals surface area contributed by atoms with Gasteiger partial charge in [0.05, 0.1) is 7.11 Å². The molecule has 2 rings (SSSR count). The average Bonchev–Trinajstić information content (AvgIpc) is 3.10. The number of aromatic nitrogens is 2. The Morgan fingerprint density at radius 1 is 1.29 bits per heavy atom. The van der Waals surface area contributed by atoms with Crippen LogP contribution in [0.5, 0.6) is 11.5 Å². The van der Waals surface area contributed by atoms with Crippen molar-refractivity contribution in [2.24, 2.45) is 0 Å². The van der Waals surface area contributed by atoms with Crippen LogP contribution in [0, 0.1) is 0 Å². The summed E-state index contributed by atoms with van der Waals surface area (Å²) in [5.41, 5.74) is 0.530. The number of ether oxygens (including phenoxy) is 2. The fourth-order valence-electron chi connectivity index (χ4n) is 2.10. The minimum absolute atomic E-state index is 0.0604. The van der Waals surface area contributed by atoms with Crippen molar-refractivity contribution in [3.05, 3.63) is 42.2 Å². The first-order valence-electron chi connectivity index (χ1n) is 7.66. The molecule has 0 aliphatic rings. The van der Waals surface area contributed by atoms with Crippen LogP contribution < -0.4 is 14.8 Å². The molecule has 1 heterocycles. The lowest BCUT2D eigenvalue weighted by Gasteiger charge is -2.11. The van der Waals surface area contributed by atoms with Crippen LogP contribution in [0.25, 0.3) is 0 Å². The molecule has 0 saturated carbocycles. The van der Waals surface area contributed by atoms with E-state index in [0.717, 1.165) is 13.0 Å². The molecule has 0 bridgehead atoms. The van der Waals surface area contributed by atoms with Crippen LogP contribution in [0.3, 0.4) is 0 Å². The van der Waals surface area contributed by atoms with Gasteiger partial charge in [-0.1, -0.05) is 0 Å². The average molecular weight is 331 g/mol. The molecule has 1 aromatic heterocycles. The van der Waals surface area contributed by atoms with Crippen LogP contribution >= 0.6 is 0 Å². The van der Waals surface area contributed by atoms with E-state index >= 15 is 0 Å². The van der Waals surface area contributed by atoms with E-state index in [4.69, 9.17) is 9.47 Å². The Kier molecular flexibility index (Phi) is 6.36. The van der Waals surface area contributed by atoms with Gasteiger partial charge in [-0.3, -0.25) is 14.3 Å². The maximum atomic E-state index is 11.8. The van der Waals surface area contributed by atoms with Crippen LogP contribution in [-0.4, -0.2) is 41.7 Å². The Hall–Kier alpha value is -2.83. The second-order valence-electron chi connectivity index (χ2n) is 5.18. The van der Waals surface area contributed by atoms with E-state index in [1.54, 1.807) is 24.4 Å². The highest BCUT2D eigenvalue weighted by atomic mass is 16.5. The molecule has 0 fully saturated rings. The van der Waals surface area contributed by atoms with Crippen LogP contribution in [0.1, 0.15) is 23.7 Å². The molecule has 1 amide bonds. The third-order valence-corrected chi connectivity index (χ3v) is 3.37. The molecule has 128 valence electrons. The zero-order chi connectivity index (χ0) is 17.4. The van der Waals surface area contributed by atoms with Gasteiger partial charge in [0.15, 0.2) is 23.9 Å². The molecule has 0 aliphatic carbocycles. The predicted molar refractivity (Wildman–Crippen MR) is 88.3 cm³/mol. The van der Waals surface area contributed by atoms with E-state index < -0.39 is 0 Å². The molecule has 0 aliphatic heterocycles. The van der Waals surface area contributed by atoms with Crippen LogP contribution in [0.2, 0.25) is 0 Å². The van der Waals surface area contributed by atoms with Gasteiger partial charge in [0.2, 0.25) is 0 Å². The molecule has 0 saturated heterocycles. The zero-order valence-corrected chi connectivity index (χ0v) is 13.8. The smallest absolute Gasteiger partial charge is 0.257 e. The summed E-state index contributed by atoms with van der Waals surface area (Å²) in [6.07, 6.45) is 4.38. The van der Waals surface area contributed by atoms with Crippen molar-refractivity contribution < 1.29 is 19.1 Å². The van der Waals surface area contributed by atoms with Crippen molar-refractivity contribution in [3.8, 4) is 11.5 Å². The number of nitrogens with zero attached hydrogens (tertiary/aromatic N) is 2. The summed E-state index contributed by atoms with van der Waals surface area (Å²) in [6.45, 7) is 2.65. The lowest BCUT2D eigenvalue weighted by atomic mass is 10.1. The quantitative estimate of drug-likeness (QED) is 0.558. The van der Waals surface area contributed by atoms with Gasteiger partial charge in [-0.05, 0) is 37.6 Å². The molecular formula is C17H21N3O4. The van der Waals surface area contributed by atoms with Crippen molar-refractivity contribution in [1.82, 2.24) is 15.1 Å². The monoisotopic (exact) mass is 331 g/mol. The van der Waals surface area contributed by atoms with Crippen LogP contribution in [-0.2, 0) is 11.3 Å². The lowest BCUT2D eigenvalue weighted by Crippen LogP contribution is -2.30. The van der Waals surface area contributed by atoms with Crippen molar-refractivity contribution in [3.63, 3.8) is 0 Å². The molecule has 24 heavy (non-hydrogen) atoms. The molecule has 1 aromatic carbocycles. The predicted octanol–water partition coefficient (Wildman–Crippen LogP) is 1.68. The van der Waals surface area contributed by atoms with E-state index in [1.807, 2.05) is 16.9 Å². The number of hydrogen-bond acceptors (Lipinski definition) is 5. The summed E-state index contributed by atoms with van der Waals surface area (Å²) in [7, 11) is 1.49. The molecule has 0 unspecified atom stereocenters. The van der Waals surface area contributed by atoms with Gasteiger partial charge < -0.3 is 14.8 Å². The molecular weight excluding hydrogens is 310 g/mol. The first kappa shape index (κ1) is 17.5. The molecule has 7 heteroatoms. The SMILES string of the molecule is COc1cc(C(C)=O)ccc1OCC(=O)NCCCn1cccn1. The number of amides is 1. The number of rotatable bonds is 9. The molecule has 0 spiro atoms.